The Balaban J connectivity index is 1.74. The predicted octanol–water partition coefficient (Wildman–Crippen LogP) is 3.12. The van der Waals surface area contributed by atoms with E-state index >= 15 is 0 Å². The van der Waals surface area contributed by atoms with Crippen molar-refractivity contribution in [3.63, 3.8) is 0 Å². The minimum Gasteiger partial charge on any atom is -0.384 e. The van der Waals surface area contributed by atoms with Crippen molar-refractivity contribution in [1.29, 1.82) is 0 Å². The zero-order valence-corrected chi connectivity index (χ0v) is 12.7. The second kappa shape index (κ2) is 6.27. The molecule has 1 aromatic carbocycles. The van der Waals surface area contributed by atoms with Crippen LogP contribution in [0.15, 0.2) is 54.9 Å². The summed E-state index contributed by atoms with van der Waals surface area (Å²) in [5.41, 5.74) is 5.81. The van der Waals surface area contributed by atoms with E-state index in [-0.39, 0.29) is 11.7 Å². The number of hydrogen-bond donors (Lipinski definition) is 2. The molecule has 0 saturated heterocycles. The number of alkyl halides is 3. The first-order valence-corrected chi connectivity index (χ1v) is 7.09. The summed E-state index contributed by atoms with van der Waals surface area (Å²) >= 11 is 0. The number of rotatable bonds is 3. The van der Waals surface area contributed by atoms with E-state index in [1.165, 1.54) is 24.5 Å². The quantitative estimate of drug-likeness (QED) is 0.762. The number of halogens is 3. The fourth-order valence-corrected chi connectivity index (χ4v) is 2.11. The highest BCUT2D eigenvalue weighted by molar-refractivity contribution is 6.04. The first-order valence-electron chi connectivity index (χ1n) is 7.09. The van der Waals surface area contributed by atoms with Crippen LogP contribution in [0.1, 0.15) is 16.1 Å². The summed E-state index contributed by atoms with van der Waals surface area (Å²) in [6, 6.07) is 10.1. The van der Waals surface area contributed by atoms with E-state index in [4.69, 9.17) is 5.73 Å². The molecule has 3 N–H and O–H groups in total. The van der Waals surface area contributed by atoms with Crippen LogP contribution in [0, 0.1) is 0 Å². The molecule has 6 nitrogen and oxygen atoms in total. The van der Waals surface area contributed by atoms with E-state index in [1.807, 2.05) is 0 Å². The van der Waals surface area contributed by atoms with E-state index in [9.17, 15) is 18.0 Å². The van der Waals surface area contributed by atoms with Gasteiger partial charge in [0.25, 0.3) is 5.91 Å². The van der Waals surface area contributed by atoms with E-state index in [0.29, 0.717) is 16.9 Å². The van der Waals surface area contributed by atoms with Crippen LogP contribution >= 0.6 is 0 Å². The molecule has 9 heteroatoms. The molecule has 0 spiro atoms. The van der Waals surface area contributed by atoms with Crippen LogP contribution in [0.25, 0.3) is 5.69 Å². The Bertz CT molecular complexity index is 903. The third kappa shape index (κ3) is 3.77. The lowest BCUT2D eigenvalue weighted by Gasteiger charge is -2.07. The molecule has 0 bridgehead atoms. The topological polar surface area (TPSA) is 85.8 Å². The molecule has 0 saturated carbocycles. The van der Waals surface area contributed by atoms with Crippen molar-refractivity contribution in [2.75, 3.05) is 11.1 Å². The fourth-order valence-electron chi connectivity index (χ4n) is 2.11. The standard InChI is InChI=1S/C16H12F3N5O/c17-16(18,19)13-6-8-24(23-13)12-3-1-11(2-4-12)22-15(25)10-5-7-21-14(20)9-10/h1-9H,(H2,20,21)(H,22,25). The van der Waals surface area contributed by atoms with Gasteiger partial charge in [-0.05, 0) is 42.5 Å². The highest BCUT2D eigenvalue weighted by atomic mass is 19.4. The monoisotopic (exact) mass is 347 g/mol. The van der Waals surface area contributed by atoms with Gasteiger partial charge in [0.15, 0.2) is 5.69 Å². The maximum atomic E-state index is 12.6. The molecule has 0 aliphatic heterocycles. The molecule has 0 radical (unpaired) electrons. The Morgan fingerprint density at radius 3 is 2.44 bits per heavy atom. The molecular formula is C16H12F3N5O. The molecule has 0 unspecified atom stereocenters. The van der Waals surface area contributed by atoms with Crippen LogP contribution in [-0.2, 0) is 6.18 Å². The summed E-state index contributed by atoms with van der Waals surface area (Å²) in [6.45, 7) is 0. The van der Waals surface area contributed by atoms with Gasteiger partial charge in [0.1, 0.15) is 5.82 Å². The molecule has 0 aliphatic rings. The zero-order chi connectivity index (χ0) is 18.0. The number of anilines is 2. The van der Waals surface area contributed by atoms with Crippen LogP contribution in [0.4, 0.5) is 24.7 Å². The molecule has 128 valence electrons. The van der Waals surface area contributed by atoms with E-state index in [0.717, 1.165) is 10.7 Å². The summed E-state index contributed by atoms with van der Waals surface area (Å²) in [6.07, 6.45) is -1.86. The maximum Gasteiger partial charge on any atom is 0.435 e. The molecule has 2 heterocycles. The van der Waals surface area contributed by atoms with Crippen molar-refractivity contribution in [1.82, 2.24) is 14.8 Å². The number of hydrogen-bond acceptors (Lipinski definition) is 4. The van der Waals surface area contributed by atoms with Crippen molar-refractivity contribution in [2.24, 2.45) is 0 Å². The summed E-state index contributed by atoms with van der Waals surface area (Å²) < 4.78 is 38.8. The second-order valence-corrected chi connectivity index (χ2v) is 5.11. The Morgan fingerprint density at radius 2 is 1.84 bits per heavy atom. The van der Waals surface area contributed by atoms with Gasteiger partial charge >= 0.3 is 6.18 Å². The highest BCUT2D eigenvalue weighted by Gasteiger charge is 2.33. The average Bonchev–Trinajstić information content (AvgIpc) is 3.06. The van der Waals surface area contributed by atoms with E-state index in [1.54, 1.807) is 24.3 Å². The van der Waals surface area contributed by atoms with Gasteiger partial charge in [0.05, 0.1) is 5.69 Å². The molecule has 3 rings (SSSR count). The van der Waals surface area contributed by atoms with Crippen molar-refractivity contribution in [2.45, 2.75) is 6.18 Å². The largest absolute Gasteiger partial charge is 0.435 e. The number of nitrogen functional groups attached to an aromatic ring is 1. The van der Waals surface area contributed by atoms with Crippen molar-refractivity contribution >= 4 is 17.4 Å². The fraction of sp³-hybridized carbons (Fsp3) is 0.0625. The Hall–Kier alpha value is -3.36. The third-order valence-corrected chi connectivity index (χ3v) is 3.31. The van der Waals surface area contributed by atoms with Crippen LogP contribution < -0.4 is 11.1 Å². The lowest BCUT2D eigenvalue weighted by atomic mass is 10.2. The summed E-state index contributed by atoms with van der Waals surface area (Å²) in [5, 5.41) is 6.14. The van der Waals surface area contributed by atoms with Gasteiger partial charge in [-0.3, -0.25) is 4.79 Å². The highest BCUT2D eigenvalue weighted by Crippen LogP contribution is 2.28. The second-order valence-electron chi connectivity index (χ2n) is 5.11. The van der Waals surface area contributed by atoms with Crippen molar-refractivity contribution in [3.8, 4) is 5.69 Å². The summed E-state index contributed by atoms with van der Waals surface area (Å²) in [7, 11) is 0. The van der Waals surface area contributed by atoms with Crippen LogP contribution in [0.3, 0.4) is 0 Å². The number of aromatic nitrogens is 3. The van der Waals surface area contributed by atoms with E-state index in [2.05, 4.69) is 15.4 Å². The summed E-state index contributed by atoms with van der Waals surface area (Å²) in [4.78, 5) is 15.9. The molecular weight excluding hydrogens is 335 g/mol. The first-order chi connectivity index (χ1) is 11.8. The molecule has 1 amide bonds. The van der Waals surface area contributed by atoms with Gasteiger partial charge < -0.3 is 11.1 Å². The normalized spacial score (nSPS) is 11.3. The molecule has 0 fully saturated rings. The van der Waals surface area contributed by atoms with Gasteiger partial charge in [-0.1, -0.05) is 0 Å². The molecule has 2 aromatic heterocycles. The number of nitrogens with one attached hydrogen (secondary N) is 1. The number of pyridine rings is 1. The molecule has 0 aliphatic carbocycles. The Kier molecular flexibility index (Phi) is 4.14. The Labute approximate surface area is 140 Å². The van der Waals surface area contributed by atoms with Crippen molar-refractivity contribution in [3.05, 3.63) is 66.1 Å². The number of amides is 1. The number of nitrogens with zero attached hydrogens (tertiary/aromatic N) is 3. The van der Waals surface area contributed by atoms with Gasteiger partial charge in [0, 0.05) is 23.6 Å². The lowest BCUT2D eigenvalue weighted by molar-refractivity contribution is -0.141. The van der Waals surface area contributed by atoms with Gasteiger partial charge in [0.2, 0.25) is 0 Å². The van der Waals surface area contributed by atoms with Crippen molar-refractivity contribution < 1.29 is 18.0 Å². The van der Waals surface area contributed by atoms with Gasteiger partial charge in [-0.15, -0.1) is 0 Å². The molecule has 25 heavy (non-hydrogen) atoms. The lowest BCUT2D eigenvalue weighted by Crippen LogP contribution is -2.12. The van der Waals surface area contributed by atoms with Gasteiger partial charge in [-0.25, -0.2) is 9.67 Å². The predicted molar refractivity (Wildman–Crippen MR) is 85.2 cm³/mol. The minimum absolute atomic E-state index is 0.224. The average molecular weight is 347 g/mol. The first kappa shape index (κ1) is 16.5. The minimum atomic E-state index is -4.49. The van der Waals surface area contributed by atoms with Crippen LogP contribution in [0.2, 0.25) is 0 Å². The summed E-state index contributed by atoms with van der Waals surface area (Å²) in [5.74, 6) is -0.151. The maximum absolute atomic E-state index is 12.6. The molecule has 0 atom stereocenters. The molecule has 3 aromatic rings. The van der Waals surface area contributed by atoms with Crippen LogP contribution in [-0.4, -0.2) is 20.7 Å². The zero-order valence-electron chi connectivity index (χ0n) is 12.7. The number of carbonyl (C=O) groups excluding carboxylic acids is 1. The van der Waals surface area contributed by atoms with Crippen LogP contribution in [0.5, 0.6) is 0 Å². The number of nitrogens with two attached hydrogens (primary N) is 1. The van der Waals surface area contributed by atoms with Gasteiger partial charge in [-0.2, -0.15) is 18.3 Å². The SMILES string of the molecule is Nc1cc(C(=O)Nc2ccc(-n3ccc(C(F)(F)F)n3)cc2)ccn1. The number of carbonyl (C=O) groups is 1. The smallest absolute Gasteiger partial charge is 0.384 e. The Morgan fingerprint density at radius 1 is 1.12 bits per heavy atom. The number of benzene rings is 1. The van der Waals surface area contributed by atoms with E-state index < -0.39 is 11.9 Å². The third-order valence-electron chi connectivity index (χ3n) is 3.31.